The first-order valence-corrected chi connectivity index (χ1v) is 5.96. The normalized spacial score (nSPS) is 12.7. The molecule has 4 heteroatoms. The fourth-order valence-corrected chi connectivity index (χ4v) is 2.15. The van der Waals surface area contributed by atoms with Gasteiger partial charge < -0.3 is 5.32 Å². The van der Waals surface area contributed by atoms with Gasteiger partial charge in [0.25, 0.3) is 0 Å². The minimum atomic E-state index is -0.210. The van der Waals surface area contributed by atoms with Crippen molar-refractivity contribution in [2.24, 2.45) is 7.05 Å². The fourth-order valence-electron chi connectivity index (χ4n) is 2.15. The number of rotatable bonds is 3. The Bertz CT molecular complexity index is 520. The first kappa shape index (κ1) is 12.8. The second kappa shape index (κ2) is 4.90. The summed E-state index contributed by atoms with van der Waals surface area (Å²) in [6, 6.07) is 6.99. The van der Waals surface area contributed by atoms with Gasteiger partial charge in [0.2, 0.25) is 0 Å². The van der Waals surface area contributed by atoms with Crippen molar-refractivity contribution in [2.45, 2.75) is 19.9 Å². The third-order valence-electron chi connectivity index (χ3n) is 3.11. The Morgan fingerprint density at radius 3 is 2.44 bits per heavy atom. The van der Waals surface area contributed by atoms with Crippen molar-refractivity contribution in [2.75, 3.05) is 7.05 Å². The molecule has 0 amide bonds. The van der Waals surface area contributed by atoms with Crippen molar-refractivity contribution in [3.8, 4) is 0 Å². The summed E-state index contributed by atoms with van der Waals surface area (Å²) >= 11 is 0. The fraction of sp³-hybridized carbons (Fsp3) is 0.357. The molecular weight excluding hydrogens is 229 g/mol. The molecule has 1 N–H and O–H groups in total. The lowest BCUT2D eigenvalue weighted by atomic mass is 10.0. The summed E-state index contributed by atoms with van der Waals surface area (Å²) in [7, 11) is 3.76. The summed E-state index contributed by atoms with van der Waals surface area (Å²) in [4.78, 5) is 0. The van der Waals surface area contributed by atoms with Crippen molar-refractivity contribution in [1.82, 2.24) is 15.1 Å². The second-order valence-corrected chi connectivity index (χ2v) is 4.62. The van der Waals surface area contributed by atoms with Gasteiger partial charge in [-0.1, -0.05) is 6.07 Å². The molecule has 0 radical (unpaired) electrons. The van der Waals surface area contributed by atoms with Crippen LogP contribution < -0.4 is 5.32 Å². The molecule has 1 atom stereocenters. The molecule has 0 saturated heterocycles. The third-order valence-corrected chi connectivity index (χ3v) is 3.11. The first-order valence-electron chi connectivity index (χ1n) is 5.96. The quantitative estimate of drug-likeness (QED) is 0.903. The number of nitrogens with zero attached hydrogens (tertiary/aromatic N) is 2. The van der Waals surface area contributed by atoms with Crippen LogP contribution in [0.4, 0.5) is 4.39 Å². The Morgan fingerprint density at radius 2 is 1.94 bits per heavy atom. The molecule has 1 heterocycles. The Hall–Kier alpha value is -1.68. The highest BCUT2D eigenvalue weighted by Gasteiger charge is 2.16. The second-order valence-electron chi connectivity index (χ2n) is 4.62. The molecule has 0 aliphatic carbocycles. The number of aryl methyl sites for hydroxylation is 3. The molecular formula is C14H18FN3. The van der Waals surface area contributed by atoms with Crippen molar-refractivity contribution in [3.63, 3.8) is 0 Å². The molecule has 0 bridgehead atoms. The molecule has 2 rings (SSSR count). The summed E-state index contributed by atoms with van der Waals surface area (Å²) in [6.07, 6.45) is 0. The molecule has 96 valence electrons. The zero-order valence-electron chi connectivity index (χ0n) is 11.2. The van der Waals surface area contributed by atoms with Crippen molar-refractivity contribution in [1.29, 1.82) is 0 Å². The van der Waals surface area contributed by atoms with Gasteiger partial charge in [0.1, 0.15) is 5.82 Å². The van der Waals surface area contributed by atoms with E-state index in [1.807, 2.05) is 44.8 Å². The molecule has 1 aromatic heterocycles. The average molecular weight is 247 g/mol. The van der Waals surface area contributed by atoms with E-state index in [4.69, 9.17) is 0 Å². The van der Waals surface area contributed by atoms with Gasteiger partial charge in [-0.2, -0.15) is 5.10 Å². The highest BCUT2D eigenvalue weighted by atomic mass is 19.1. The van der Waals surface area contributed by atoms with Crippen molar-refractivity contribution in [3.05, 3.63) is 52.6 Å². The summed E-state index contributed by atoms with van der Waals surface area (Å²) in [5, 5.41) is 7.64. The van der Waals surface area contributed by atoms with Gasteiger partial charge >= 0.3 is 0 Å². The molecule has 1 unspecified atom stereocenters. The maximum absolute atomic E-state index is 13.5. The van der Waals surface area contributed by atoms with E-state index in [2.05, 4.69) is 10.4 Å². The monoisotopic (exact) mass is 247 g/mol. The number of hydrogen-bond acceptors (Lipinski definition) is 2. The lowest BCUT2D eigenvalue weighted by Gasteiger charge is -2.15. The summed E-state index contributed by atoms with van der Waals surface area (Å²) in [6.45, 7) is 3.89. The summed E-state index contributed by atoms with van der Waals surface area (Å²) in [5.41, 5.74) is 3.80. The van der Waals surface area contributed by atoms with E-state index in [1.165, 1.54) is 6.07 Å². The molecule has 0 aliphatic heterocycles. The van der Waals surface area contributed by atoms with Gasteiger partial charge in [0.05, 0.1) is 11.7 Å². The zero-order chi connectivity index (χ0) is 13.3. The number of nitrogens with one attached hydrogen (secondary N) is 1. The Labute approximate surface area is 107 Å². The Morgan fingerprint density at radius 1 is 1.22 bits per heavy atom. The molecule has 18 heavy (non-hydrogen) atoms. The van der Waals surface area contributed by atoms with E-state index in [1.54, 1.807) is 6.07 Å². The predicted octanol–water partition coefficient (Wildman–Crippen LogP) is 2.48. The maximum atomic E-state index is 13.5. The number of halogens is 1. The molecule has 0 saturated carbocycles. The van der Waals surface area contributed by atoms with Crippen LogP contribution in [0.5, 0.6) is 0 Å². The SMILES string of the molecule is CNC(c1cc(C)cc(F)c1)c1cc(C)n(C)n1. The smallest absolute Gasteiger partial charge is 0.123 e. The Balaban J connectivity index is 2.44. The van der Waals surface area contributed by atoms with Crippen molar-refractivity contribution >= 4 is 0 Å². The lowest BCUT2D eigenvalue weighted by Crippen LogP contribution is -2.18. The molecule has 0 fully saturated rings. The van der Waals surface area contributed by atoms with E-state index in [0.29, 0.717) is 0 Å². The van der Waals surface area contributed by atoms with Gasteiger partial charge in [0.15, 0.2) is 0 Å². The van der Waals surface area contributed by atoms with Gasteiger partial charge in [-0.05, 0) is 50.2 Å². The summed E-state index contributed by atoms with van der Waals surface area (Å²) < 4.78 is 15.3. The van der Waals surface area contributed by atoms with Crippen LogP contribution in [0.3, 0.4) is 0 Å². The van der Waals surface area contributed by atoms with E-state index in [-0.39, 0.29) is 11.9 Å². The maximum Gasteiger partial charge on any atom is 0.123 e. The van der Waals surface area contributed by atoms with Gasteiger partial charge in [-0.15, -0.1) is 0 Å². The van der Waals surface area contributed by atoms with E-state index < -0.39 is 0 Å². The highest BCUT2D eigenvalue weighted by molar-refractivity contribution is 5.32. The van der Waals surface area contributed by atoms with Crippen LogP contribution in [0.1, 0.15) is 28.6 Å². The topological polar surface area (TPSA) is 29.9 Å². The predicted molar refractivity (Wildman–Crippen MR) is 70.0 cm³/mol. The minimum absolute atomic E-state index is 0.0840. The number of benzene rings is 1. The van der Waals surface area contributed by atoms with Gasteiger partial charge in [-0.25, -0.2) is 4.39 Å². The van der Waals surface area contributed by atoms with Gasteiger partial charge in [-0.3, -0.25) is 4.68 Å². The van der Waals surface area contributed by atoms with Crippen LogP contribution >= 0.6 is 0 Å². The highest BCUT2D eigenvalue weighted by Crippen LogP contribution is 2.23. The Kier molecular flexibility index (Phi) is 3.48. The standard InChI is InChI=1S/C14H18FN3/c1-9-5-11(8-12(15)6-9)14(16-3)13-7-10(2)18(4)17-13/h5-8,14,16H,1-4H3. The molecule has 0 spiro atoms. The van der Waals surface area contributed by atoms with E-state index in [9.17, 15) is 4.39 Å². The average Bonchev–Trinajstić information content (AvgIpc) is 2.58. The van der Waals surface area contributed by atoms with Crippen molar-refractivity contribution < 1.29 is 4.39 Å². The van der Waals surface area contributed by atoms with Crippen LogP contribution in [0.2, 0.25) is 0 Å². The number of hydrogen-bond donors (Lipinski definition) is 1. The minimum Gasteiger partial charge on any atom is -0.308 e. The van der Waals surface area contributed by atoms with Crippen LogP contribution in [-0.4, -0.2) is 16.8 Å². The van der Waals surface area contributed by atoms with Crippen LogP contribution in [-0.2, 0) is 7.05 Å². The van der Waals surface area contributed by atoms with Crippen LogP contribution in [0, 0.1) is 19.7 Å². The lowest BCUT2D eigenvalue weighted by molar-refractivity contribution is 0.606. The molecule has 1 aromatic carbocycles. The largest absolute Gasteiger partial charge is 0.308 e. The molecule has 2 aromatic rings. The number of aromatic nitrogens is 2. The summed E-state index contributed by atoms with van der Waals surface area (Å²) in [5.74, 6) is -0.210. The van der Waals surface area contributed by atoms with Gasteiger partial charge in [0, 0.05) is 12.7 Å². The first-order chi connectivity index (χ1) is 8.51. The van der Waals surface area contributed by atoms with E-state index >= 15 is 0 Å². The van der Waals surface area contributed by atoms with Crippen LogP contribution in [0.25, 0.3) is 0 Å². The third kappa shape index (κ3) is 2.43. The molecule has 0 aliphatic rings. The van der Waals surface area contributed by atoms with Crippen LogP contribution in [0.15, 0.2) is 24.3 Å². The zero-order valence-corrected chi connectivity index (χ0v) is 11.2. The van der Waals surface area contributed by atoms with E-state index in [0.717, 1.165) is 22.5 Å². The molecule has 3 nitrogen and oxygen atoms in total.